The summed E-state index contributed by atoms with van der Waals surface area (Å²) in [6.07, 6.45) is 2.77. The Hall–Kier alpha value is -3.06. The molecule has 0 unspecified atom stereocenters. The van der Waals surface area contributed by atoms with Crippen molar-refractivity contribution in [2.45, 2.75) is 0 Å². The number of amides is 2. The lowest BCUT2D eigenvalue weighted by Crippen LogP contribution is -2.14. The average Bonchev–Trinajstić information content (AvgIpc) is 2.60. The number of halogens is 2. The smallest absolute Gasteiger partial charge is 0.251 e. The summed E-state index contributed by atoms with van der Waals surface area (Å²) < 4.78 is 23.8. The van der Waals surface area contributed by atoms with Crippen LogP contribution in [-0.4, -0.2) is 26.0 Å². The highest BCUT2D eigenvalue weighted by molar-refractivity contribution is 6.32. The Balaban J connectivity index is 2.16. The lowest BCUT2D eigenvalue weighted by Gasteiger charge is -2.10. The highest BCUT2D eigenvalue weighted by atomic mass is 35.5. The zero-order valence-corrected chi connectivity index (χ0v) is 14.8. The molecule has 0 aliphatic rings. The molecule has 6 nitrogen and oxygen atoms in total. The molecule has 0 radical (unpaired) electrons. The molecule has 0 aromatic heterocycles. The predicted molar refractivity (Wildman–Crippen MR) is 97.1 cm³/mol. The molecular formula is C18H16ClFN2O4. The van der Waals surface area contributed by atoms with E-state index >= 15 is 0 Å². The van der Waals surface area contributed by atoms with Crippen molar-refractivity contribution in [1.29, 1.82) is 0 Å². The van der Waals surface area contributed by atoms with Gasteiger partial charge in [-0.3, -0.25) is 9.59 Å². The van der Waals surface area contributed by atoms with Crippen molar-refractivity contribution in [2.24, 2.45) is 5.73 Å². The van der Waals surface area contributed by atoms with Gasteiger partial charge in [0.2, 0.25) is 5.91 Å². The molecule has 0 saturated heterocycles. The van der Waals surface area contributed by atoms with E-state index in [0.29, 0.717) is 22.1 Å². The number of hydrogen-bond donors (Lipinski definition) is 2. The fraction of sp³-hybridized carbons (Fsp3) is 0.111. The molecule has 0 bridgehead atoms. The topological polar surface area (TPSA) is 90.6 Å². The number of ether oxygens (including phenoxy) is 2. The summed E-state index contributed by atoms with van der Waals surface area (Å²) in [6, 6.07) is 6.79. The van der Waals surface area contributed by atoms with Crippen molar-refractivity contribution in [1.82, 2.24) is 0 Å². The number of carbonyl (C=O) groups excluding carboxylic acids is 2. The molecule has 2 aromatic carbocycles. The monoisotopic (exact) mass is 378 g/mol. The maximum atomic E-state index is 13.4. The predicted octanol–water partition coefficient (Wildman–Crippen LogP) is 3.25. The number of rotatable bonds is 6. The van der Waals surface area contributed by atoms with Crippen molar-refractivity contribution in [3.63, 3.8) is 0 Å². The van der Waals surface area contributed by atoms with Gasteiger partial charge in [-0.05, 0) is 42.0 Å². The molecule has 0 spiro atoms. The molecule has 3 N–H and O–H groups in total. The molecule has 0 atom stereocenters. The van der Waals surface area contributed by atoms with Crippen molar-refractivity contribution in [3.05, 3.63) is 58.4 Å². The molecule has 0 saturated carbocycles. The quantitative estimate of drug-likeness (QED) is 0.755. The van der Waals surface area contributed by atoms with E-state index < -0.39 is 17.6 Å². The van der Waals surface area contributed by atoms with Gasteiger partial charge < -0.3 is 20.5 Å². The minimum atomic E-state index is -0.922. The molecule has 0 aliphatic heterocycles. The van der Waals surface area contributed by atoms with Crippen LogP contribution in [0, 0.1) is 5.82 Å². The number of nitrogens with two attached hydrogens (primary N) is 1. The molecule has 136 valence electrons. The van der Waals surface area contributed by atoms with E-state index in [9.17, 15) is 14.0 Å². The SMILES string of the molecule is COc1cc(/C=C/C(=O)Nc2ccc(F)c(C(N)=O)c2)cc(Cl)c1OC. The first-order valence-electron chi connectivity index (χ1n) is 7.35. The molecule has 0 heterocycles. The third kappa shape index (κ3) is 4.52. The van der Waals surface area contributed by atoms with Gasteiger partial charge in [0.05, 0.1) is 24.8 Å². The van der Waals surface area contributed by atoms with E-state index in [2.05, 4.69) is 5.32 Å². The van der Waals surface area contributed by atoms with Crippen molar-refractivity contribution in [3.8, 4) is 11.5 Å². The van der Waals surface area contributed by atoms with Gasteiger partial charge in [0.25, 0.3) is 5.91 Å². The lowest BCUT2D eigenvalue weighted by atomic mass is 10.1. The van der Waals surface area contributed by atoms with E-state index in [1.54, 1.807) is 12.1 Å². The Morgan fingerprint density at radius 3 is 2.54 bits per heavy atom. The Morgan fingerprint density at radius 2 is 1.92 bits per heavy atom. The second-order valence-electron chi connectivity index (χ2n) is 5.12. The Kier molecular flexibility index (Phi) is 6.19. The highest BCUT2D eigenvalue weighted by Gasteiger charge is 2.11. The summed E-state index contributed by atoms with van der Waals surface area (Å²) in [5.74, 6) is -1.36. The van der Waals surface area contributed by atoms with Gasteiger partial charge >= 0.3 is 0 Å². The number of hydrogen-bond acceptors (Lipinski definition) is 4. The highest BCUT2D eigenvalue weighted by Crippen LogP contribution is 2.36. The first kappa shape index (κ1) is 19.3. The van der Waals surface area contributed by atoms with E-state index in [4.69, 9.17) is 26.8 Å². The second kappa shape index (κ2) is 8.35. The fourth-order valence-corrected chi connectivity index (χ4v) is 2.48. The van der Waals surface area contributed by atoms with Crippen molar-refractivity contribution >= 4 is 35.2 Å². The minimum Gasteiger partial charge on any atom is -0.493 e. The lowest BCUT2D eigenvalue weighted by molar-refractivity contribution is -0.111. The van der Waals surface area contributed by atoms with E-state index in [1.807, 2.05) is 0 Å². The van der Waals surface area contributed by atoms with Crippen LogP contribution in [0.3, 0.4) is 0 Å². The van der Waals surface area contributed by atoms with E-state index in [-0.39, 0.29) is 11.3 Å². The molecule has 0 fully saturated rings. The maximum Gasteiger partial charge on any atom is 0.251 e. The molecule has 26 heavy (non-hydrogen) atoms. The normalized spacial score (nSPS) is 10.6. The molecule has 2 amide bonds. The largest absolute Gasteiger partial charge is 0.493 e. The van der Waals surface area contributed by atoms with Gasteiger partial charge in [0.15, 0.2) is 11.5 Å². The van der Waals surface area contributed by atoms with Crippen LogP contribution in [0.5, 0.6) is 11.5 Å². The van der Waals surface area contributed by atoms with Gasteiger partial charge in [-0.1, -0.05) is 11.6 Å². The summed E-state index contributed by atoms with van der Waals surface area (Å²) in [4.78, 5) is 23.2. The zero-order valence-electron chi connectivity index (χ0n) is 14.0. The van der Waals surface area contributed by atoms with Crippen LogP contribution < -0.4 is 20.5 Å². The Bertz CT molecular complexity index is 884. The number of methoxy groups -OCH3 is 2. The molecule has 2 rings (SSSR count). The summed E-state index contributed by atoms with van der Waals surface area (Å²) in [5, 5.41) is 2.84. The molecule has 8 heteroatoms. The van der Waals surface area contributed by atoms with Crippen LogP contribution in [-0.2, 0) is 4.79 Å². The number of nitrogens with one attached hydrogen (secondary N) is 1. The number of carbonyl (C=O) groups is 2. The summed E-state index contributed by atoms with van der Waals surface area (Å²) in [6.45, 7) is 0. The third-order valence-electron chi connectivity index (χ3n) is 3.38. The van der Waals surface area contributed by atoms with E-state index in [0.717, 1.165) is 12.1 Å². The van der Waals surface area contributed by atoms with Crippen LogP contribution >= 0.6 is 11.6 Å². The summed E-state index contributed by atoms with van der Waals surface area (Å²) in [5.41, 5.74) is 5.61. The second-order valence-corrected chi connectivity index (χ2v) is 5.53. The van der Waals surface area contributed by atoms with Gasteiger partial charge in [-0.15, -0.1) is 0 Å². The Labute approximate surface area is 154 Å². The maximum absolute atomic E-state index is 13.4. The number of benzene rings is 2. The molecular weight excluding hydrogens is 363 g/mol. The van der Waals surface area contributed by atoms with Crippen LogP contribution in [0.25, 0.3) is 6.08 Å². The van der Waals surface area contributed by atoms with Crippen LogP contribution in [0.2, 0.25) is 5.02 Å². The number of primary amides is 1. The third-order valence-corrected chi connectivity index (χ3v) is 3.66. The average molecular weight is 379 g/mol. The van der Waals surface area contributed by atoms with Crippen LogP contribution in [0.15, 0.2) is 36.4 Å². The van der Waals surface area contributed by atoms with Crippen molar-refractivity contribution in [2.75, 3.05) is 19.5 Å². The number of anilines is 1. The van der Waals surface area contributed by atoms with Gasteiger partial charge in [0, 0.05) is 11.8 Å². The van der Waals surface area contributed by atoms with Crippen LogP contribution in [0.4, 0.5) is 10.1 Å². The minimum absolute atomic E-state index is 0.236. The summed E-state index contributed by atoms with van der Waals surface area (Å²) >= 11 is 6.10. The standard InChI is InChI=1S/C18H16ClFN2O4/c1-25-15-8-10(7-13(19)17(15)26-2)3-6-16(23)22-11-4-5-14(20)12(9-11)18(21)24/h3-9H,1-2H3,(H2,21,24)(H,22,23)/b6-3+. The van der Waals surface area contributed by atoms with Gasteiger partial charge in [0.1, 0.15) is 5.82 Å². The van der Waals surface area contributed by atoms with Gasteiger partial charge in [-0.25, -0.2) is 4.39 Å². The van der Waals surface area contributed by atoms with E-state index in [1.165, 1.54) is 32.4 Å². The summed E-state index contributed by atoms with van der Waals surface area (Å²) in [7, 11) is 2.94. The Morgan fingerprint density at radius 1 is 1.19 bits per heavy atom. The van der Waals surface area contributed by atoms with Crippen LogP contribution in [0.1, 0.15) is 15.9 Å². The fourth-order valence-electron chi connectivity index (χ4n) is 2.18. The zero-order chi connectivity index (χ0) is 19.3. The first-order valence-corrected chi connectivity index (χ1v) is 7.73. The van der Waals surface area contributed by atoms with Crippen molar-refractivity contribution < 1.29 is 23.5 Å². The van der Waals surface area contributed by atoms with Gasteiger partial charge in [-0.2, -0.15) is 0 Å². The molecule has 0 aliphatic carbocycles. The first-order chi connectivity index (χ1) is 12.3. The molecule has 2 aromatic rings.